The summed E-state index contributed by atoms with van der Waals surface area (Å²) in [5, 5.41) is 12.0. The summed E-state index contributed by atoms with van der Waals surface area (Å²) in [6.45, 7) is 0.554. The lowest BCUT2D eigenvalue weighted by Crippen LogP contribution is -2.25. The van der Waals surface area contributed by atoms with E-state index in [9.17, 15) is 4.79 Å². The average Bonchev–Trinajstić information content (AvgIpc) is 2.42. The topological polar surface area (TPSA) is 62.2 Å². The highest BCUT2D eigenvalue weighted by molar-refractivity contribution is 5.93. The number of carbonyl (C=O) groups excluding carboxylic acids is 1. The number of hydrogen-bond donors (Lipinski definition) is 2. The lowest BCUT2D eigenvalue weighted by molar-refractivity contribution is 0.0954. The van der Waals surface area contributed by atoms with Crippen LogP contribution >= 0.6 is 0 Å². The molecule has 0 bridgehead atoms. The molecule has 4 heteroatoms. The number of aromatic nitrogens is 1. The lowest BCUT2D eigenvalue weighted by Gasteiger charge is -2.05. The van der Waals surface area contributed by atoms with Gasteiger partial charge in [-0.25, -0.2) is 0 Å². The molecule has 0 saturated carbocycles. The molecule has 0 aliphatic rings. The zero-order valence-corrected chi connectivity index (χ0v) is 9.84. The molecular formula is C14H14N2O2. The van der Waals surface area contributed by atoms with E-state index in [0.717, 1.165) is 12.0 Å². The highest BCUT2D eigenvalue weighted by Gasteiger charge is 2.03. The van der Waals surface area contributed by atoms with Crippen molar-refractivity contribution in [1.29, 1.82) is 0 Å². The van der Waals surface area contributed by atoms with E-state index in [0.29, 0.717) is 12.1 Å². The van der Waals surface area contributed by atoms with Crippen LogP contribution in [0.15, 0.2) is 48.8 Å². The number of phenols is 1. The Labute approximate surface area is 105 Å². The van der Waals surface area contributed by atoms with E-state index in [1.807, 2.05) is 12.1 Å². The Morgan fingerprint density at radius 1 is 1.22 bits per heavy atom. The fraction of sp³-hybridized carbons (Fsp3) is 0.143. The normalized spacial score (nSPS) is 10.0. The van der Waals surface area contributed by atoms with Crippen LogP contribution in [-0.4, -0.2) is 22.5 Å². The summed E-state index contributed by atoms with van der Waals surface area (Å²) in [7, 11) is 0. The van der Waals surface area contributed by atoms with Gasteiger partial charge in [-0.15, -0.1) is 0 Å². The largest absolute Gasteiger partial charge is 0.508 e. The van der Waals surface area contributed by atoms with Crippen molar-refractivity contribution in [1.82, 2.24) is 10.3 Å². The van der Waals surface area contributed by atoms with E-state index in [1.54, 1.807) is 30.5 Å². The molecule has 2 N–H and O–H groups in total. The quantitative estimate of drug-likeness (QED) is 0.858. The number of carbonyl (C=O) groups is 1. The molecule has 1 heterocycles. The summed E-state index contributed by atoms with van der Waals surface area (Å²) in [5.74, 6) is 0.125. The molecule has 0 radical (unpaired) electrons. The summed E-state index contributed by atoms with van der Waals surface area (Å²) in [6, 6.07) is 10.4. The van der Waals surface area contributed by atoms with Crippen molar-refractivity contribution in [3.05, 3.63) is 59.9 Å². The first-order valence-electron chi connectivity index (χ1n) is 5.72. The first-order valence-corrected chi connectivity index (χ1v) is 5.72. The summed E-state index contributed by atoms with van der Waals surface area (Å²) >= 11 is 0. The zero-order chi connectivity index (χ0) is 12.8. The average molecular weight is 242 g/mol. The van der Waals surface area contributed by atoms with E-state index in [2.05, 4.69) is 10.3 Å². The fourth-order valence-electron chi connectivity index (χ4n) is 1.58. The number of rotatable bonds is 4. The van der Waals surface area contributed by atoms with Crippen LogP contribution in [0.4, 0.5) is 0 Å². The van der Waals surface area contributed by atoms with Gasteiger partial charge in [-0.2, -0.15) is 0 Å². The van der Waals surface area contributed by atoms with Crippen LogP contribution in [0.3, 0.4) is 0 Å². The molecule has 92 valence electrons. The van der Waals surface area contributed by atoms with E-state index in [-0.39, 0.29) is 11.7 Å². The minimum atomic E-state index is -0.123. The van der Waals surface area contributed by atoms with Gasteiger partial charge in [0.25, 0.3) is 5.91 Å². The fourth-order valence-corrected chi connectivity index (χ4v) is 1.58. The molecule has 18 heavy (non-hydrogen) atoms. The third-order valence-electron chi connectivity index (χ3n) is 2.56. The van der Waals surface area contributed by atoms with Crippen LogP contribution in [0.2, 0.25) is 0 Å². The SMILES string of the molecule is O=C(NCCc1ccc(O)cc1)c1cccnc1. The molecule has 0 saturated heterocycles. The first-order chi connectivity index (χ1) is 8.75. The van der Waals surface area contributed by atoms with Gasteiger partial charge in [0.05, 0.1) is 5.56 Å². The number of benzene rings is 1. The van der Waals surface area contributed by atoms with E-state index in [4.69, 9.17) is 5.11 Å². The van der Waals surface area contributed by atoms with Crippen LogP contribution in [0.5, 0.6) is 5.75 Å². The Balaban J connectivity index is 1.82. The van der Waals surface area contributed by atoms with Crippen molar-refractivity contribution < 1.29 is 9.90 Å². The first kappa shape index (κ1) is 12.1. The van der Waals surface area contributed by atoms with Gasteiger partial charge >= 0.3 is 0 Å². The molecule has 2 rings (SSSR count). The minimum absolute atomic E-state index is 0.123. The van der Waals surface area contributed by atoms with Gasteiger partial charge < -0.3 is 10.4 Å². The molecule has 1 aromatic carbocycles. The molecule has 4 nitrogen and oxygen atoms in total. The monoisotopic (exact) mass is 242 g/mol. The third-order valence-corrected chi connectivity index (χ3v) is 2.56. The molecule has 0 aliphatic carbocycles. The second-order valence-corrected chi connectivity index (χ2v) is 3.91. The Morgan fingerprint density at radius 2 is 2.00 bits per heavy atom. The third kappa shape index (κ3) is 3.31. The number of nitrogens with zero attached hydrogens (tertiary/aromatic N) is 1. The van der Waals surface area contributed by atoms with Crippen LogP contribution in [0.25, 0.3) is 0 Å². The highest BCUT2D eigenvalue weighted by Crippen LogP contribution is 2.09. The maximum Gasteiger partial charge on any atom is 0.252 e. The van der Waals surface area contributed by atoms with Crippen molar-refractivity contribution in [3.8, 4) is 5.75 Å². The van der Waals surface area contributed by atoms with Gasteiger partial charge in [0.1, 0.15) is 5.75 Å². The Kier molecular flexibility index (Phi) is 3.91. The molecular weight excluding hydrogens is 228 g/mol. The number of nitrogens with one attached hydrogen (secondary N) is 1. The second-order valence-electron chi connectivity index (χ2n) is 3.91. The molecule has 2 aromatic rings. The molecule has 0 spiro atoms. The molecule has 0 aliphatic heterocycles. The van der Waals surface area contributed by atoms with Gasteiger partial charge in [0.2, 0.25) is 0 Å². The van der Waals surface area contributed by atoms with Crippen molar-refractivity contribution in [2.75, 3.05) is 6.54 Å². The van der Waals surface area contributed by atoms with Crippen molar-refractivity contribution in [3.63, 3.8) is 0 Å². The summed E-state index contributed by atoms with van der Waals surface area (Å²) < 4.78 is 0. The maximum atomic E-state index is 11.7. The van der Waals surface area contributed by atoms with Crippen LogP contribution in [0, 0.1) is 0 Å². The molecule has 0 fully saturated rings. The lowest BCUT2D eigenvalue weighted by atomic mass is 10.1. The number of hydrogen-bond acceptors (Lipinski definition) is 3. The van der Waals surface area contributed by atoms with E-state index in [1.165, 1.54) is 6.20 Å². The van der Waals surface area contributed by atoms with Crippen molar-refractivity contribution >= 4 is 5.91 Å². The Morgan fingerprint density at radius 3 is 2.67 bits per heavy atom. The number of phenolic OH excluding ortho intramolecular Hbond substituents is 1. The Hall–Kier alpha value is -2.36. The van der Waals surface area contributed by atoms with Crippen LogP contribution in [-0.2, 0) is 6.42 Å². The number of aromatic hydroxyl groups is 1. The number of pyridine rings is 1. The van der Waals surface area contributed by atoms with E-state index < -0.39 is 0 Å². The second kappa shape index (κ2) is 5.82. The molecule has 1 aromatic heterocycles. The Bertz CT molecular complexity index is 509. The molecule has 0 atom stereocenters. The summed E-state index contributed by atoms with van der Waals surface area (Å²) in [5.41, 5.74) is 1.63. The minimum Gasteiger partial charge on any atom is -0.508 e. The smallest absolute Gasteiger partial charge is 0.252 e. The summed E-state index contributed by atoms with van der Waals surface area (Å²) in [4.78, 5) is 15.6. The van der Waals surface area contributed by atoms with Gasteiger partial charge in [-0.3, -0.25) is 9.78 Å². The van der Waals surface area contributed by atoms with E-state index >= 15 is 0 Å². The summed E-state index contributed by atoms with van der Waals surface area (Å²) in [6.07, 6.45) is 3.90. The van der Waals surface area contributed by atoms with Gasteiger partial charge in [0, 0.05) is 18.9 Å². The van der Waals surface area contributed by atoms with Crippen LogP contribution < -0.4 is 5.32 Å². The molecule has 0 unspecified atom stereocenters. The predicted molar refractivity (Wildman–Crippen MR) is 68.4 cm³/mol. The van der Waals surface area contributed by atoms with Gasteiger partial charge in [-0.1, -0.05) is 12.1 Å². The number of amides is 1. The van der Waals surface area contributed by atoms with Crippen molar-refractivity contribution in [2.45, 2.75) is 6.42 Å². The molecule has 1 amide bonds. The van der Waals surface area contributed by atoms with Crippen LogP contribution in [0.1, 0.15) is 15.9 Å². The standard InChI is InChI=1S/C14H14N2O2/c17-13-5-3-11(4-6-13)7-9-16-14(18)12-2-1-8-15-10-12/h1-6,8,10,17H,7,9H2,(H,16,18). The zero-order valence-electron chi connectivity index (χ0n) is 9.84. The van der Waals surface area contributed by atoms with Crippen molar-refractivity contribution in [2.24, 2.45) is 0 Å². The van der Waals surface area contributed by atoms with Gasteiger partial charge in [0.15, 0.2) is 0 Å². The predicted octanol–water partition coefficient (Wildman–Crippen LogP) is 1.76. The van der Waals surface area contributed by atoms with Gasteiger partial charge in [-0.05, 0) is 36.2 Å². The maximum absolute atomic E-state index is 11.7. The highest BCUT2D eigenvalue weighted by atomic mass is 16.3.